The molecule has 2 aliphatic heterocycles. The number of rotatable bonds is 7. The molecular formula is C33H29ClF2N6O3. The molecule has 3 heterocycles. The van der Waals surface area contributed by atoms with Crippen LogP contribution in [0.15, 0.2) is 65.8 Å². The van der Waals surface area contributed by atoms with Gasteiger partial charge in [-0.25, -0.2) is 13.8 Å². The van der Waals surface area contributed by atoms with Gasteiger partial charge in [0, 0.05) is 53.9 Å². The number of hydrogen-bond acceptors (Lipinski definition) is 6. The number of hydrogen-bond donors (Lipinski definition) is 1. The van der Waals surface area contributed by atoms with E-state index in [0.29, 0.717) is 16.8 Å². The van der Waals surface area contributed by atoms with Crippen molar-refractivity contribution in [3.8, 4) is 6.07 Å². The van der Waals surface area contributed by atoms with E-state index in [2.05, 4.69) is 15.3 Å². The number of fused-ring (bicyclic) bond motifs is 1. The van der Waals surface area contributed by atoms with Gasteiger partial charge in [-0.15, -0.1) is 0 Å². The van der Waals surface area contributed by atoms with Gasteiger partial charge in [-0.2, -0.15) is 5.26 Å². The summed E-state index contributed by atoms with van der Waals surface area (Å²) in [5.74, 6) is -4.12. The Kier molecular flexibility index (Phi) is 8.34. The van der Waals surface area contributed by atoms with Crippen molar-refractivity contribution in [2.75, 3.05) is 9.80 Å². The van der Waals surface area contributed by atoms with E-state index in [1.807, 2.05) is 12.1 Å². The van der Waals surface area contributed by atoms with Crippen LogP contribution in [0, 0.1) is 11.3 Å². The minimum Gasteiger partial charge on any atom is -0.351 e. The number of aliphatic imine (C=N–C) groups is 1. The van der Waals surface area contributed by atoms with E-state index in [0.717, 1.165) is 5.56 Å². The van der Waals surface area contributed by atoms with Gasteiger partial charge in [0.15, 0.2) is 0 Å². The van der Waals surface area contributed by atoms with E-state index < -0.39 is 35.9 Å². The third-order valence-corrected chi connectivity index (χ3v) is 8.90. The number of pyridine rings is 1. The van der Waals surface area contributed by atoms with Gasteiger partial charge in [-0.3, -0.25) is 29.2 Å². The highest BCUT2D eigenvalue weighted by Gasteiger charge is 2.45. The number of carbonyl (C=O) groups is 3. The Balaban J connectivity index is 1.46. The van der Waals surface area contributed by atoms with Crippen LogP contribution >= 0.6 is 11.6 Å². The average molecular weight is 631 g/mol. The van der Waals surface area contributed by atoms with Crippen molar-refractivity contribution in [3.63, 3.8) is 0 Å². The van der Waals surface area contributed by atoms with Crippen molar-refractivity contribution >= 4 is 47.0 Å². The number of nitriles is 1. The van der Waals surface area contributed by atoms with Crippen LogP contribution in [0.3, 0.4) is 0 Å². The second-order valence-electron chi connectivity index (χ2n) is 11.4. The monoisotopic (exact) mass is 630 g/mol. The fraction of sp³-hybridized carbons (Fsp3) is 0.333. The second kappa shape index (κ2) is 12.4. The third kappa shape index (κ3) is 6.02. The summed E-state index contributed by atoms with van der Waals surface area (Å²) in [5, 5.41) is 12.6. The Morgan fingerprint density at radius 3 is 2.64 bits per heavy atom. The Hall–Kier alpha value is -4.69. The maximum atomic E-state index is 14.9. The standard InChI is InChI=1S/C33H29ClF2N6O3/c34-25-6-2-1-5-23(25)30(31(44)40-22-10-13-33(35,36)14-11-22)42(26-7-3-4-21-18-38-19-24(21)26)32(45)27-8-9-29(43)41(27)28-16-20(17-37)12-15-39-28/h1-7,12,15-16,18,22,27,30H,8-11,13-14,19H2,(H,40,44)/t27-,30?/m0/s1. The summed E-state index contributed by atoms with van der Waals surface area (Å²) in [6.07, 6.45) is 2.75. The lowest BCUT2D eigenvalue weighted by Gasteiger charge is -2.37. The van der Waals surface area contributed by atoms with Crippen molar-refractivity contribution < 1.29 is 23.2 Å². The smallest absolute Gasteiger partial charge is 0.251 e. The fourth-order valence-electron chi connectivity index (χ4n) is 6.28. The molecular weight excluding hydrogens is 602 g/mol. The molecule has 1 aliphatic carbocycles. The number of amides is 3. The summed E-state index contributed by atoms with van der Waals surface area (Å²) in [6.45, 7) is 0.267. The third-order valence-electron chi connectivity index (χ3n) is 8.55. The number of alkyl halides is 2. The van der Waals surface area contributed by atoms with E-state index in [4.69, 9.17) is 11.6 Å². The zero-order valence-corrected chi connectivity index (χ0v) is 24.9. The first-order chi connectivity index (χ1) is 21.7. The van der Waals surface area contributed by atoms with Crippen LogP contribution in [-0.4, -0.2) is 46.9 Å². The SMILES string of the molecule is N#Cc1ccnc(N2C(=O)CC[C@H]2C(=O)N(c2cccc3c2CN=C3)C(C(=O)NC2CCC(F)(F)CC2)c2ccccc2Cl)c1. The quantitative estimate of drug-likeness (QED) is 0.370. The van der Waals surface area contributed by atoms with E-state index in [9.17, 15) is 28.4 Å². The van der Waals surface area contributed by atoms with E-state index in [1.54, 1.807) is 42.6 Å². The number of nitrogens with zero attached hydrogens (tertiary/aromatic N) is 5. The van der Waals surface area contributed by atoms with Gasteiger partial charge in [0.25, 0.3) is 5.91 Å². The van der Waals surface area contributed by atoms with Crippen molar-refractivity contribution in [1.29, 1.82) is 5.26 Å². The number of benzene rings is 2. The lowest BCUT2D eigenvalue weighted by Crippen LogP contribution is -2.53. The molecule has 2 fully saturated rings. The molecule has 12 heteroatoms. The first-order valence-electron chi connectivity index (χ1n) is 14.7. The van der Waals surface area contributed by atoms with Crippen LogP contribution in [0.25, 0.3) is 0 Å². The van der Waals surface area contributed by atoms with Gasteiger partial charge in [0.1, 0.15) is 17.9 Å². The van der Waals surface area contributed by atoms with Crippen molar-refractivity contribution in [3.05, 3.63) is 88.1 Å². The maximum absolute atomic E-state index is 14.9. The van der Waals surface area contributed by atoms with Gasteiger partial charge in [0.2, 0.25) is 17.7 Å². The molecule has 1 saturated heterocycles. The summed E-state index contributed by atoms with van der Waals surface area (Å²) in [6, 6.07) is 14.1. The van der Waals surface area contributed by atoms with Gasteiger partial charge >= 0.3 is 0 Å². The highest BCUT2D eigenvalue weighted by atomic mass is 35.5. The topological polar surface area (TPSA) is 119 Å². The molecule has 230 valence electrons. The van der Waals surface area contributed by atoms with Crippen LogP contribution in [0.4, 0.5) is 20.3 Å². The molecule has 3 amide bonds. The minimum absolute atomic E-state index is 0.0535. The highest BCUT2D eigenvalue weighted by Crippen LogP contribution is 2.40. The number of halogens is 3. The highest BCUT2D eigenvalue weighted by molar-refractivity contribution is 6.31. The Labute approximate surface area is 263 Å². The molecule has 9 nitrogen and oxygen atoms in total. The van der Waals surface area contributed by atoms with Crippen LogP contribution in [0.1, 0.15) is 66.8 Å². The molecule has 2 atom stereocenters. The average Bonchev–Trinajstić information content (AvgIpc) is 3.68. The lowest BCUT2D eigenvalue weighted by atomic mass is 9.91. The molecule has 1 unspecified atom stereocenters. The van der Waals surface area contributed by atoms with Crippen LogP contribution < -0.4 is 15.1 Å². The van der Waals surface area contributed by atoms with Gasteiger partial charge < -0.3 is 5.32 Å². The summed E-state index contributed by atoms with van der Waals surface area (Å²) in [4.78, 5) is 53.8. The normalized spacial score (nSPS) is 19.6. The second-order valence-corrected chi connectivity index (χ2v) is 11.8. The fourth-order valence-corrected chi connectivity index (χ4v) is 6.51. The molecule has 0 spiro atoms. The van der Waals surface area contributed by atoms with Gasteiger partial charge in [-0.05, 0) is 49.1 Å². The van der Waals surface area contributed by atoms with Crippen molar-refractivity contribution in [2.45, 2.75) is 69.1 Å². The molecule has 2 aromatic carbocycles. The van der Waals surface area contributed by atoms with Crippen LogP contribution in [-0.2, 0) is 20.9 Å². The van der Waals surface area contributed by atoms with E-state index in [1.165, 1.54) is 28.1 Å². The first-order valence-corrected chi connectivity index (χ1v) is 15.1. The predicted octanol–water partition coefficient (Wildman–Crippen LogP) is 5.50. The Morgan fingerprint density at radius 1 is 1.11 bits per heavy atom. The largest absolute Gasteiger partial charge is 0.351 e. The summed E-state index contributed by atoms with van der Waals surface area (Å²) < 4.78 is 27.9. The first kappa shape index (κ1) is 30.3. The van der Waals surface area contributed by atoms with Crippen molar-refractivity contribution in [2.24, 2.45) is 4.99 Å². The number of anilines is 2. The van der Waals surface area contributed by atoms with Crippen molar-refractivity contribution in [1.82, 2.24) is 10.3 Å². The lowest BCUT2D eigenvalue weighted by molar-refractivity contribution is -0.128. The Bertz CT molecular complexity index is 1730. The summed E-state index contributed by atoms with van der Waals surface area (Å²) >= 11 is 6.69. The molecule has 6 rings (SSSR count). The molecule has 1 N–H and O–H groups in total. The molecule has 3 aliphatic rings. The number of nitrogens with one attached hydrogen (secondary N) is 1. The van der Waals surface area contributed by atoms with Crippen LogP contribution in [0.2, 0.25) is 5.02 Å². The van der Waals surface area contributed by atoms with Crippen LogP contribution in [0.5, 0.6) is 0 Å². The molecule has 3 aromatic rings. The minimum atomic E-state index is -2.79. The molecule has 1 aromatic heterocycles. The number of carbonyl (C=O) groups excluding carboxylic acids is 3. The van der Waals surface area contributed by atoms with E-state index in [-0.39, 0.29) is 67.4 Å². The Morgan fingerprint density at radius 2 is 1.89 bits per heavy atom. The zero-order valence-electron chi connectivity index (χ0n) is 24.1. The molecule has 0 bridgehead atoms. The molecule has 45 heavy (non-hydrogen) atoms. The maximum Gasteiger partial charge on any atom is 0.251 e. The molecule has 0 radical (unpaired) electrons. The number of aromatic nitrogens is 1. The van der Waals surface area contributed by atoms with E-state index >= 15 is 0 Å². The predicted molar refractivity (Wildman–Crippen MR) is 164 cm³/mol. The summed E-state index contributed by atoms with van der Waals surface area (Å²) in [5.41, 5.74) is 2.52. The molecule has 1 saturated carbocycles. The van der Waals surface area contributed by atoms with Gasteiger partial charge in [0.05, 0.1) is 23.9 Å². The zero-order chi connectivity index (χ0) is 31.7. The van der Waals surface area contributed by atoms with Gasteiger partial charge in [-0.1, -0.05) is 41.9 Å². The summed E-state index contributed by atoms with van der Waals surface area (Å²) in [7, 11) is 0.